The van der Waals surface area contributed by atoms with Gasteiger partial charge in [0, 0.05) is 43.0 Å². The lowest BCUT2D eigenvalue weighted by atomic mass is 10.1. The summed E-state index contributed by atoms with van der Waals surface area (Å²) in [7, 11) is 0. The molecule has 1 aromatic carbocycles. The molecule has 114 valence electrons. The highest BCUT2D eigenvalue weighted by atomic mass is 35.5. The smallest absolute Gasteiger partial charge is 0.113 e. The number of imidazole rings is 1. The second-order valence-corrected chi connectivity index (χ2v) is 6.08. The molecule has 2 rings (SSSR count). The monoisotopic (exact) mass is 305 g/mol. The van der Waals surface area contributed by atoms with Crippen LogP contribution in [0.2, 0.25) is 5.02 Å². The van der Waals surface area contributed by atoms with Gasteiger partial charge < -0.3 is 9.88 Å². The molecule has 0 atom stereocenters. The molecule has 0 fully saturated rings. The van der Waals surface area contributed by atoms with Gasteiger partial charge in [0.15, 0.2) is 0 Å². The Labute approximate surface area is 132 Å². The predicted octanol–water partition coefficient (Wildman–Crippen LogP) is 4.04. The normalized spacial score (nSPS) is 11.3. The van der Waals surface area contributed by atoms with Crippen LogP contribution >= 0.6 is 11.6 Å². The summed E-state index contributed by atoms with van der Waals surface area (Å²) >= 11 is 6.39. The van der Waals surface area contributed by atoms with Crippen LogP contribution in [0.5, 0.6) is 0 Å². The van der Waals surface area contributed by atoms with Crippen molar-refractivity contribution in [3.05, 3.63) is 52.6 Å². The summed E-state index contributed by atoms with van der Waals surface area (Å²) in [4.78, 5) is 4.45. The molecule has 0 saturated carbocycles. The van der Waals surface area contributed by atoms with E-state index in [1.54, 1.807) is 0 Å². The molecule has 0 unspecified atom stereocenters. The van der Waals surface area contributed by atoms with Gasteiger partial charge in [-0.05, 0) is 23.6 Å². The predicted molar refractivity (Wildman–Crippen MR) is 88.8 cm³/mol. The fourth-order valence-corrected chi connectivity index (χ4v) is 2.56. The van der Waals surface area contributed by atoms with E-state index in [1.165, 1.54) is 5.56 Å². The third-order valence-corrected chi connectivity index (χ3v) is 3.80. The fourth-order valence-electron chi connectivity index (χ4n) is 2.29. The number of hydrogen-bond donors (Lipinski definition) is 1. The SMILES string of the molecule is CCCn1ccnc1Cc1ccc(CNC(C)C)c(Cl)c1. The van der Waals surface area contributed by atoms with Crippen molar-refractivity contribution in [3.63, 3.8) is 0 Å². The van der Waals surface area contributed by atoms with E-state index in [0.29, 0.717) is 6.04 Å². The summed E-state index contributed by atoms with van der Waals surface area (Å²) in [5.41, 5.74) is 2.35. The topological polar surface area (TPSA) is 29.9 Å². The Kier molecular flexibility index (Phi) is 5.83. The number of benzene rings is 1. The average molecular weight is 306 g/mol. The summed E-state index contributed by atoms with van der Waals surface area (Å²) in [6, 6.07) is 6.78. The quantitative estimate of drug-likeness (QED) is 0.837. The van der Waals surface area contributed by atoms with Crippen LogP contribution in [0.25, 0.3) is 0 Å². The molecular formula is C17H24ClN3. The second kappa shape index (κ2) is 7.62. The third-order valence-electron chi connectivity index (χ3n) is 3.45. The van der Waals surface area contributed by atoms with Crippen LogP contribution in [0.1, 0.15) is 44.1 Å². The molecule has 0 aliphatic heterocycles. The summed E-state index contributed by atoms with van der Waals surface area (Å²) in [6.07, 6.45) is 5.85. The third kappa shape index (κ3) is 4.58. The van der Waals surface area contributed by atoms with Gasteiger partial charge in [-0.25, -0.2) is 4.98 Å². The summed E-state index contributed by atoms with van der Waals surface area (Å²) in [5, 5.41) is 4.22. The Bertz CT molecular complexity index is 575. The van der Waals surface area contributed by atoms with Gasteiger partial charge in [0.25, 0.3) is 0 Å². The zero-order chi connectivity index (χ0) is 15.2. The van der Waals surface area contributed by atoms with Crippen molar-refractivity contribution in [3.8, 4) is 0 Å². The van der Waals surface area contributed by atoms with Crippen molar-refractivity contribution in [1.29, 1.82) is 0 Å². The van der Waals surface area contributed by atoms with E-state index >= 15 is 0 Å². The number of halogens is 1. The van der Waals surface area contributed by atoms with Gasteiger partial charge in [-0.15, -0.1) is 0 Å². The number of rotatable bonds is 7. The standard InChI is InChI=1S/C17H24ClN3/c1-4-8-21-9-7-19-17(21)11-14-5-6-15(16(18)10-14)12-20-13(2)3/h5-7,9-10,13,20H,4,8,11-12H2,1-3H3. The molecule has 0 amide bonds. The van der Waals surface area contributed by atoms with Gasteiger partial charge in [-0.2, -0.15) is 0 Å². The largest absolute Gasteiger partial charge is 0.335 e. The van der Waals surface area contributed by atoms with Crippen molar-refractivity contribution in [1.82, 2.24) is 14.9 Å². The van der Waals surface area contributed by atoms with Crippen molar-refractivity contribution in [2.75, 3.05) is 0 Å². The lowest BCUT2D eigenvalue weighted by molar-refractivity contribution is 0.589. The molecule has 4 heteroatoms. The zero-order valence-electron chi connectivity index (χ0n) is 13.1. The molecule has 3 nitrogen and oxygen atoms in total. The maximum atomic E-state index is 6.39. The van der Waals surface area contributed by atoms with Crippen LogP contribution in [0.3, 0.4) is 0 Å². The first-order valence-electron chi connectivity index (χ1n) is 7.60. The molecule has 2 aromatic rings. The molecule has 1 heterocycles. The number of aryl methyl sites for hydroxylation is 1. The first kappa shape index (κ1) is 16.1. The highest BCUT2D eigenvalue weighted by Crippen LogP contribution is 2.20. The number of nitrogens with zero attached hydrogens (tertiary/aromatic N) is 2. The Hall–Kier alpha value is -1.32. The number of aromatic nitrogens is 2. The van der Waals surface area contributed by atoms with E-state index in [-0.39, 0.29) is 0 Å². The number of nitrogens with one attached hydrogen (secondary N) is 1. The van der Waals surface area contributed by atoms with E-state index in [4.69, 9.17) is 11.6 Å². The first-order chi connectivity index (χ1) is 10.1. The van der Waals surface area contributed by atoms with E-state index in [2.05, 4.69) is 53.8 Å². The van der Waals surface area contributed by atoms with Crippen molar-refractivity contribution >= 4 is 11.6 Å². The van der Waals surface area contributed by atoms with Gasteiger partial charge in [0.1, 0.15) is 5.82 Å². The van der Waals surface area contributed by atoms with Gasteiger partial charge in [-0.1, -0.05) is 44.5 Å². The molecule has 21 heavy (non-hydrogen) atoms. The van der Waals surface area contributed by atoms with Gasteiger partial charge >= 0.3 is 0 Å². The summed E-state index contributed by atoms with van der Waals surface area (Å²) < 4.78 is 2.21. The van der Waals surface area contributed by atoms with Crippen LogP contribution in [-0.2, 0) is 19.5 Å². The average Bonchev–Trinajstić information content (AvgIpc) is 2.85. The van der Waals surface area contributed by atoms with Crippen LogP contribution in [0.15, 0.2) is 30.6 Å². The highest BCUT2D eigenvalue weighted by Gasteiger charge is 2.07. The van der Waals surface area contributed by atoms with E-state index in [1.807, 2.05) is 12.4 Å². The van der Waals surface area contributed by atoms with Gasteiger partial charge in [0.05, 0.1) is 0 Å². The van der Waals surface area contributed by atoms with Gasteiger partial charge in [-0.3, -0.25) is 0 Å². The Morgan fingerprint density at radius 1 is 1.33 bits per heavy atom. The lowest BCUT2D eigenvalue weighted by Gasteiger charge is -2.11. The maximum absolute atomic E-state index is 6.39. The lowest BCUT2D eigenvalue weighted by Crippen LogP contribution is -2.22. The molecule has 0 spiro atoms. The number of hydrogen-bond acceptors (Lipinski definition) is 2. The molecule has 0 saturated heterocycles. The van der Waals surface area contributed by atoms with Crippen molar-refractivity contribution < 1.29 is 0 Å². The second-order valence-electron chi connectivity index (χ2n) is 5.68. The Balaban J connectivity index is 2.07. The van der Waals surface area contributed by atoms with E-state index in [0.717, 1.165) is 42.3 Å². The van der Waals surface area contributed by atoms with E-state index in [9.17, 15) is 0 Å². The first-order valence-corrected chi connectivity index (χ1v) is 7.98. The van der Waals surface area contributed by atoms with Crippen molar-refractivity contribution in [2.45, 2.75) is 52.7 Å². The minimum absolute atomic E-state index is 0.460. The minimum atomic E-state index is 0.460. The molecule has 1 aromatic heterocycles. The molecular weight excluding hydrogens is 282 g/mol. The molecule has 0 aliphatic rings. The van der Waals surface area contributed by atoms with Crippen LogP contribution in [0.4, 0.5) is 0 Å². The molecule has 0 aliphatic carbocycles. The molecule has 1 N–H and O–H groups in total. The fraction of sp³-hybridized carbons (Fsp3) is 0.471. The summed E-state index contributed by atoms with van der Waals surface area (Å²) in [6.45, 7) is 8.27. The van der Waals surface area contributed by atoms with Crippen LogP contribution in [-0.4, -0.2) is 15.6 Å². The maximum Gasteiger partial charge on any atom is 0.113 e. The van der Waals surface area contributed by atoms with Crippen LogP contribution < -0.4 is 5.32 Å². The van der Waals surface area contributed by atoms with Crippen LogP contribution in [0, 0.1) is 0 Å². The minimum Gasteiger partial charge on any atom is -0.335 e. The molecule has 0 radical (unpaired) electrons. The van der Waals surface area contributed by atoms with Gasteiger partial charge in [0.2, 0.25) is 0 Å². The summed E-state index contributed by atoms with van der Waals surface area (Å²) in [5.74, 6) is 1.10. The Morgan fingerprint density at radius 3 is 2.81 bits per heavy atom. The zero-order valence-corrected chi connectivity index (χ0v) is 13.8. The molecule has 0 bridgehead atoms. The Morgan fingerprint density at radius 2 is 2.14 bits per heavy atom. The highest BCUT2D eigenvalue weighted by molar-refractivity contribution is 6.31. The van der Waals surface area contributed by atoms with E-state index < -0.39 is 0 Å². The van der Waals surface area contributed by atoms with Crippen molar-refractivity contribution in [2.24, 2.45) is 0 Å².